The average Bonchev–Trinajstić information content (AvgIpc) is 2.69. The monoisotopic (exact) mass is 391 g/mol. The summed E-state index contributed by atoms with van der Waals surface area (Å²) in [6, 6.07) is 5.07. The van der Waals surface area contributed by atoms with Gasteiger partial charge in [-0.25, -0.2) is 4.79 Å². The van der Waals surface area contributed by atoms with Crippen molar-refractivity contribution in [3.05, 3.63) is 23.8 Å². The van der Waals surface area contributed by atoms with Crippen LogP contribution in [0.5, 0.6) is 5.75 Å². The molecule has 0 radical (unpaired) electrons. The van der Waals surface area contributed by atoms with Gasteiger partial charge in [-0.1, -0.05) is 26.7 Å². The number of amides is 1. The third-order valence-electron chi connectivity index (χ3n) is 5.25. The van der Waals surface area contributed by atoms with E-state index in [2.05, 4.69) is 19.2 Å². The highest BCUT2D eigenvalue weighted by molar-refractivity contribution is 5.99. The van der Waals surface area contributed by atoms with E-state index in [0.717, 1.165) is 25.7 Å². The Hall–Kier alpha value is -2.08. The zero-order valence-corrected chi connectivity index (χ0v) is 17.5. The predicted molar refractivity (Wildman–Crippen MR) is 109 cm³/mol. The fourth-order valence-corrected chi connectivity index (χ4v) is 3.66. The minimum absolute atomic E-state index is 0.170. The molecular formula is C22H33NO5. The molecule has 2 atom stereocenters. The summed E-state index contributed by atoms with van der Waals surface area (Å²) < 4.78 is 16.5. The van der Waals surface area contributed by atoms with Crippen molar-refractivity contribution in [3.63, 3.8) is 0 Å². The molecule has 2 rings (SSSR count). The Balaban J connectivity index is 2.21. The van der Waals surface area contributed by atoms with Gasteiger partial charge in [0, 0.05) is 12.8 Å². The Labute approximate surface area is 167 Å². The average molecular weight is 392 g/mol. The number of methoxy groups -OCH3 is 1. The van der Waals surface area contributed by atoms with Crippen molar-refractivity contribution in [3.8, 4) is 5.75 Å². The Kier molecular flexibility index (Phi) is 8.30. The second-order valence-corrected chi connectivity index (χ2v) is 7.49. The number of rotatable bonds is 9. The maximum atomic E-state index is 13.0. The standard InChI is InChI=1S/C22H33NO5/c1-5-7-13-28-19-11-10-17(14-18(19)20(24)27-6-2)23-21(25)22(26-4)12-8-9-16(3)15-22/h10-11,14,16H,5-9,12-13,15H2,1-4H3,(H,23,25)/t16-,22+/m1/s1. The van der Waals surface area contributed by atoms with E-state index in [0.29, 0.717) is 42.4 Å². The van der Waals surface area contributed by atoms with Crippen LogP contribution < -0.4 is 10.1 Å². The molecule has 1 fully saturated rings. The quantitative estimate of drug-likeness (QED) is 0.493. The van der Waals surface area contributed by atoms with Crippen LogP contribution in [0.1, 0.15) is 69.7 Å². The first-order valence-corrected chi connectivity index (χ1v) is 10.3. The lowest BCUT2D eigenvalue weighted by molar-refractivity contribution is -0.143. The van der Waals surface area contributed by atoms with Crippen LogP contribution in [0.25, 0.3) is 0 Å². The molecule has 6 nitrogen and oxygen atoms in total. The van der Waals surface area contributed by atoms with Crippen LogP contribution in [0.3, 0.4) is 0 Å². The molecule has 0 heterocycles. The van der Waals surface area contributed by atoms with Crippen LogP contribution in [0.2, 0.25) is 0 Å². The normalized spacial score (nSPS) is 21.8. The molecule has 156 valence electrons. The molecule has 1 aliphatic rings. The number of carbonyl (C=O) groups is 2. The predicted octanol–water partition coefficient (Wildman–Crippen LogP) is 4.58. The minimum atomic E-state index is -0.821. The summed E-state index contributed by atoms with van der Waals surface area (Å²) in [5, 5.41) is 2.93. The highest BCUT2D eigenvalue weighted by Crippen LogP contribution is 2.36. The third kappa shape index (κ3) is 5.47. The van der Waals surface area contributed by atoms with Gasteiger partial charge < -0.3 is 19.5 Å². The van der Waals surface area contributed by atoms with Gasteiger partial charge in [-0.05, 0) is 56.7 Å². The molecule has 0 aromatic heterocycles. The van der Waals surface area contributed by atoms with Gasteiger partial charge in [-0.2, -0.15) is 0 Å². The first-order chi connectivity index (χ1) is 13.5. The van der Waals surface area contributed by atoms with Crippen LogP contribution in [-0.4, -0.2) is 37.8 Å². The number of carbonyl (C=O) groups excluding carboxylic acids is 2. The summed E-state index contributed by atoms with van der Waals surface area (Å²) in [4.78, 5) is 25.3. The Morgan fingerprint density at radius 2 is 2.07 bits per heavy atom. The zero-order chi connectivity index (χ0) is 20.6. The van der Waals surface area contributed by atoms with Gasteiger partial charge >= 0.3 is 5.97 Å². The molecule has 0 unspecified atom stereocenters. The van der Waals surface area contributed by atoms with Crippen molar-refractivity contribution >= 4 is 17.6 Å². The summed E-state index contributed by atoms with van der Waals surface area (Å²) >= 11 is 0. The van der Waals surface area contributed by atoms with Crippen LogP contribution >= 0.6 is 0 Å². The molecule has 1 amide bonds. The number of ether oxygens (including phenoxy) is 3. The lowest BCUT2D eigenvalue weighted by Gasteiger charge is -2.37. The molecule has 0 aliphatic heterocycles. The minimum Gasteiger partial charge on any atom is -0.493 e. The summed E-state index contributed by atoms with van der Waals surface area (Å²) in [6.07, 6.45) is 5.35. The fraction of sp³-hybridized carbons (Fsp3) is 0.636. The van der Waals surface area contributed by atoms with Crippen molar-refractivity contribution in [1.29, 1.82) is 0 Å². The second kappa shape index (κ2) is 10.5. The molecule has 6 heteroatoms. The van der Waals surface area contributed by atoms with E-state index >= 15 is 0 Å². The maximum Gasteiger partial charge on any atom is 0.341 e. The van der Waals surface area contributed by atoms with Gasteiger partial charge in [0.15, 0.2) is 0 Å². The SMILES string of the molecule is CCCCOc1ccc(NC(=O)[C@]2(OC)CCC[C@@H](C)C2)cc1C(=O)OCC. The van der Waals surface area contributed by atoms with E-state index in [1.54, 1.807) is 32.2 Å². The van der Waals surface area contributed by atoms with Crippen LogP contribution in [0.15, 0.2) is 18.2 Å². The van der Waals surface area contributed by atoms with Crippen molar-refractivity contribution in [2.45, 2.75) is 64.9 Å². The van der Waals surface area contributed by atoms with Gasteiger partial charge in [0.25, 0.3) is 5.91 Å². The van der Waals surface area contributed by atoms with Crippen molar-refractivity contribution in [2.75, 3.05) is 25.6 Å². The van der Waals surface area contributed by atoms with Gasteiger partial charge in [-0.15, -0.1) is 0 Å². The van der Waals surface area contributed by atoms with Gasteiger partial charge in [-0.3, -0.25) is 4.79 Å². The van der Waals surface area contributed by atoms with Crippen molar-refractivity contribution in [2.24, 2.45) is 5.92 Å². The Morgan fingerprint density at radius 1 is 1.29 bits per heavy atom. The second-order valence-electron chi connectivity index (χ2n) is 7.49. The van der Waals surface area contributed by atoms with Gasteiger partial charge in [0.1, 0.15) is 16.9 Å². The highest BCUT2D eigenvalue weighted by atomic mass is 16.5. The molecule has 0 saturated heterocycles. The van der Waals surface area contributed by atoms with E-state index in [4.69, 9.17) is 14.2 Å². The van der Waals surface area contributed by atoms with Crippen molar-refractivity contribution < 1.29 is 23.8 Å². The Bertz CT molecular complexity index is 675. The first kappa shape index (κ1) is 22.2. The molecule has 28 heavy (non-hydrogen) atoms. The molecule has 1 aliphatic carbocycles. The van der Waals surface area contributed by atoms with Crippen LogP contribution in [0, 0.1) is 5.92 Å². The third-order valence-corrected chi connectivity index (χ3v) is 5.25. The molecule has 1 aromatic carbocycles. The number of esters is 1. The molecular weight excluding hydrogens is 358 g/mol. The van der Waals surface area contributed by atoms with E-state index in [1.165, 1.54) is 0 Å². The summed E-state index contributed by atoms with van der Waals surface area (Å²) in [6.45, 7) is 6.77. The van der Waals surface area contributed by atoms with Gasteiger partial charge in [0.05, 0.1) is 13.2 Å². The van der Waals surface area contributed by atoms with E-state index in [1.807, 2.05) is 0 Å². The van der Waals surface area contributed by atoms with Crippen molar-refractivity contribution in [1.82, 2.24) is 0 Å². The molecule has 1 N–H and O–H groups in total. The number of unbranched alkanes of at least 4 members (excludes halogenated alkanes) is 1. The van der Waals surface area contributed by atoms with Gasteiger partial charge in [0.2, 0.25) is 0 Å². The number of nitrogens with one attached hydrogen (secondary N) is 1. The molecule has 1 saturated carbocycles. The highest BCUT2D eigenvalue weighted by Gasteiger charge is 2.42. The molecule has 0 bridgehead atoms. The first-order valence-electron chi connectivity index (χ1n) is 10.3. The van der Waals surface area contributed by atoms with E-state index < -0.39 is 11.6 Å². The summed E-state index contributed by atoms with van der Waals surface area (Å²) in [5.74, 6) is 0.273. The number of anilines is 1. The number of hydrogen-bond acceptors (Lipinski definition) is 5. The fourth-order valence-electron chi connectivity index (χ4n) is 3.66. The molecule has 1 aromatic rings. The van der Waals surface area contributed by atoms with E-state index in [9.17, 15) is 9.59 Å². The summed E-state index contributed by atoms with van der Waals surface area (Å²) in [5.41, 5.74) is 0.0303. The number of hydrogen-bond donors (Lipinski definition) is 1. The van der Waals surface area contributed by atoms with Crippen LogP contribution in [0.4, 0.5) is 5.69 Å². The zero-order valence-electron chi connectivity index (χ0n) is 17.5. The largest absolute Gasteiger partial charge is 0.493 e. The lowest BCUT2D eigenvalue weighted by Crippen LogP contribution is -2.47. The van der Waals surface area contributed by atoms with Crippen LogP contribution in [-0.2, 0) is 14.3 Å². The Morgan fingerprint density at radius 3 is 2.71 bits per heavy atom. The molecule has 0 spiro atoms. The van der Waals surface area contributed by atoms with E-state index in [-0.39, 0.29) is 12.5 Å². The smallest absolute Gasteiger partial charge is 0.341 e. The maximum absolute atomic E-state index is 13.0. The summed E-state index contributed by atoms with van der Waals surface area (Å²) in [7, 11) is 1.59. The topological polar surface area (TPSA) is 73.9 Å². The lowest BCUT2D eigenvalue weighted by atomic mass is 9.78. The number of benzene rings is 1.